The molecule has 37 heavy (non-hydrogen) atoms. The number of pyridine rings is 1. The van der Waals surface area contributed by atoms with Gasteiger partial charge in [0, 0.05) is 10.9 Å². The second-order valence-electron chi connectivity index (χ2n) is 9.29. The lowest BCUT2D eigenvalue weighted by Crippen LogP contribution is -2.46. The number of anilines is 2. The topological polar surface area (TPSA) is 63.2 Å². The molecule has 6 nitrogen and oxygen atoms in total. The first-order valence-electron chi connectivity index (χ1n) is 11.6. The third-order valence-electron chi connectivity index (χ3n) is 6.84. The number of aromatic nitrogens is 3. The molecule has 0 amide bonds. The zero-order valence-electron chi connectivity index (χ0n) is 19.7. The third kappa shape index (κ3) is 4.53. The van der Waals surface area contributed by atoms with E-state index >= 15 is 0 Å². The summed E-state index contributed by atoms with van der Waals surface area (Å²) < 4.78 is 102. The Bertz CT molecular complexity index is 1330. The molecule has 0 aliphatic carbocycles. The Morgan fingerprint density at radius 1 is 1.03 bits per heavy atom. The minimum atomic E-state index is -4.89. The lowest BCUT2D eigenvalue weighted by atomic mass is 10.0. The molecule has 2 unspecified atom stereocenters. The van der Waals surface area contributed by atoms with Crippen LogP contribution in [0.1, 0.15) is 48.3 Å². The fourth-order valence-electron chi connectivity index (χ4n) is 5.11. The Labute approximate surface area is 206 Å². The number of hydrogen-bond donors (Lipinski definition) is 1. The predicted octanol–water partition coefficient (Wildman–Crippen LogP) is 6.05. The number of alkyl halides is 6. The Morgan fingerprint density at radius 3 is 2.32 bits per heavy atom. The van der Waals surface area contributed by atoms with Gasteiger partial charge in [0.05, 0.1) is 53.8 Å². The van der Waals surface area contributed by atoms with Gasteiger partial charge in [-0.25, -0.2) is 9.37 Å². The molecule has 2 aliphatic rings. The van der Waals surface area contributed by atoms with Gasteiger partial charge in [0.15, 0.2) is 11.5 Å². The van der Waals surface area contributed by atoms with E-state index in [1.807, 2.05) is 0 Å². The van der Waals surface area contributed by atoms with Gasteiger partial charge in [-0.2, -0.15) is 31.4 Å². The van der Waals surface area contributed by atoms with Gasteiger partial charge in [-0.1, -0.05) is 12.1 Å². The van der Waals surface area contributed by atoms with Gasteiger partial charge in [-0.05, 0) is 38.8 Å². The summed E-state index contributed by atoms with van der Waals surface area (Å²) in [5, 5.41) is 10.9. The van der Waals surface area contributed by atoms with Gasteiger partial charge in [-0.3, -0.25) is 0 Å². The first-order valence-corrected chi connectivity index (χ1v) is 11.6. The van der Waals surface area contributed by atoms with Gasteiger partial charge in [-0.15, -0.1) is 5.10 Å². The number of rotatable bonds is 4. The van der Waals surface area contributed by atoms with Crippen molar-refractivity contribution in [2.75, 3.05) is 23.4 Å². The smallest absolute Gasteiger partial charge is 0.377 e. The Hall–Kier alpha value is -3.22. The van der Waals surface area contributed by atoms with E-state index in [1.54, 1.807) is 4.90 Å². The van der Waals surface area contributed by atoms with Crippen LogP contribution in [0.3, 0.4) is 0 Å². The van der Waals surface area contributed by atoms with Crippen LogP contribution in [0, 0.1) is 12.7 Å². The van der Waals surface area contributed by atoms with Crippen LogP contribution in [-0.4, -0.2) is 40.5 Å². The minimum Gasteiger partial charge on any atom is -0.377 e. The number of fused-ring (bicyclic) bond motifs is 3. The zero-order chi connectivity index (χ0) is 26.7. The van der Waals surface area contributed by atoms with E-state index in [-0.39, 0.29) is 59.0 Å². The van der Waals surface area contributed by atoms with Crippen LogP contribution < -0.4 is 10.2 Å². The maximum atomic E-state index is 14.7. The average Bonchev–Trinajstić information content (AvgIpc) is 3.06. The van der Waals surface area contributed by atoms with Gasteiger partial charge in [0.2, 0.25) is 0 Å². The molecule has 0 spiro atoms. The summed E-state index contributed by atoms with van der Waals surface area (Å²) in [6.45, 7) is 3.46. The standard InChI is InChI=1S/C24H22F7N5O/c1-11(15-4-3-5-17(19(15)25)23(26,27)28)32-22-16-8-18(36-13-6-7-14(36)10-37-9-13)21(24(29,30)31)33-20(16)12(2)34-35-22/h3-5,8,11,13-14H,6-7,9-10H2,1-2H3,(H,32,35)/t11-,13?,14?/m1/s1. The molecule has 3 atom stereocenters. The maximum Gasteiger partial charge on any atom is 0.435 e. The molecule has 2 fully saturated rings. The highest BCUT2D eigenvalue weighted by molar-refractivity contribution is 5.93. The summed E-state index contributed by atoms with van der Waals surface area (Å²) in [7, 11) is 0. The van der Waals surface area contributed by atoms with Crippen molar-refractivity contribution in [3.05, 3.63) is 52.6 Å². The van der Waals surface area contributed by atoms with Crippen molar-refractivity contribution in [1.29, 1.82) is 0 Å². The SMILES string of the molecule is Cc1nnc(N[C@H](C)c2cccc(C(F)(F)F)c2F)c2cc(N3C4CCC3COC4)c(C(F)(F)F)nc12. The summed E-state index contributed by atoms with van der Waals surface area (Å²) in [6.07, 6.45) is -8.30. The van der Waals surface area contributed by atoms with E-state index in [0.717, 1.165) is 6.07 Å². The van der Waals surface area contributed by atoms with Crippen molar-refractivity contribution in [2.45, 2.75) is 57.2 Å². The Kier molecular flexibility index (Phi) is 6.16. The number of aryl methyl sites for hydroxylation is 1. The fourth-order valence-corrected chi connectivity index (χ4v) is 5.11. The Morgan fingerprint density at radius 2 is 1.70 bits per heavy atom. The lowest BCUT2D eigenvalue weighted by molar-refractivity contribution is -0.141. The van der Waals surface area contributed by atoms with E-state index < -0.39 is 35.5 Å². The van der Waals surface area contributed by atoms with Crippen LogP contribution in [0.2, 0.25) is 0 Å². The molecule has 2 aromatic heterocycles. The molecule has 2 bridgehead atoms. The summed E-state index contributed by atoms with van der Waals surface area (Å²) in [5.74, 6) is -1.46. The molecule has 5 rings (SSSR count). The summed E-state index contributed by atoms with van der Waals surface area (Å²) in [6, 6.07) is 2.74. The van der Waals surface area contributed by atoms with E-state index in [0.29, 0.717) is 18.9 Å². The summed E-state index contributed by atoms with van der Waals surface area (Å²) in [5.41, 5.74) is -2.80. The number of nitrogens with one attached hydrogen (secondary N) is 1. The monoisotopic (exact) mass is 529 g/mol. The van der Waals surface area contributed by atoms with Crippen LogP contribution in [0.4, 0.5) is 42.2 Å². The van der Waals surface area contributed by atoms with Crippen molar-refractivity contribution in [3.8, 4) is 0 Å². The third-order valence-corrected chi connectivity index (χ3v) is 6.84. The van der Waals surface area contributed by atoms with Crippen molar-refractivity contribution < 1.29 is 35.5 Å². The van der Waals surface area contributed by atoms with Crippen LogP contribution in [0.5, 0.6) is 0 Å². The molecule has 3 aromatic rings. The van der Waals surface area contributed by atoms with E-state index in [9.17, 15) is 30.7 Å². The predicted molar refractivity (Wildman–Crippen MR) is 121 cm³/mol. The maximum absolute atomic E-state index is 14.7. The van der Waals surface area contributed by atoms with Gasteiger partial charge in [0.25, 0.3) is 0 Å². The van der Waals surface area contributed by atoms with Gasteiger partial charge >= 0.3 is 12.4 Å². The highest BCUT2D eigenvalue weighted by atomic mass is 19.4. The number of hydrogen-bond acceptors (Lipinski definition) is 6. The highest BCUT2D eigenvalue weighted by Gasteiger charge is 2.44. The number of morpholine rings is 1. The summed E-state index contributed by atoms with van der Waals surface area (Å²) in [4.78, 5) is 5.64. The van der Waals surface area contributed by atoms with Crippen molar-refractivity contribution >= 4 is 22.4 Å². The molecule has 2 aliphatic heterocycles. The number of halogens is 7. The number of benzene rings is 1. The quantitative estimate of drug-likeness (QED) is 0.415. The summed E-state index contributed by atoms with van der Waals surface area (Å²) >= 11 is 0. The van der Waals surface area contributed by atoms with Crippen LogP contribution >= 0.6 is 0 Å². The number of nitrogens with zero attached hydrogens (tertiary/aromatic N) is 4. The minimum absolute atomic E-state index is 0.0204. The first kappa shape index (κ1) is 25.4. The van der Waals surface area contributed by atoms with E-state index in [4.69, 9.17) is 4.74 Å². The molecule has 0 saturated carbocycles. The molecule has 4 heterocycles. The normalized spacial score (nSPS) is 20.9. The molecule has 198 valence electrons. The van der Waals surface area contributed by atoms with Gasteiger partial charge < -0.3 is 15.0 Å². The Balaban J connectivity index is 1.62. The number of ether oxygens (including phenoxy) is 1. The molecule has 1 aromatic carbocycles. The molecule has 2 saturated heterocycles. The molecule has 0 radical (unpaired) electrons. The molecule has 1 N–H and O–H groups in total. The largest absolute Gasteiger partial charge is 0.435 e. The van der Waals surface area contributed by atoms with Crippen LogP contribution in [0.15, 0.2) is 24.3 Å². The second-order valence-corrected chi connectivity index (χ2v) is 9.29. The zero-order valence-corrected chi connectivity index (χ0v) is 19.7. The highest BCUT2D eigenvalue weighted by Crippen LogP contribution is 2.44. The van der Waals surface area contributed by atoms with Crippen LogP contribution in [0.25, 0.3) is 10.9 Å². The fraction of sp³-hybridized carbons (Fsp3) is 0.458. The van der Waals surface area contributed by atoms with E-state index in [1.165, 1.54) is 26.0 Å². The first-order chi connectivity index (χ1) is 17.4. The average molecular weight is 529 g/mol. The molecule has 13 heteroatoms. The van der Waals surface area contributed by atoms with Crippen molar-refractivity contribution in [3.63, 3.8) is 0 Å². The van der Waals surface area contributed by atoms with Crippen LogP contribution in [-0.2, 0) is 17.1 Å². The van der Waals surface area contributed by atoms with E-state index in [2.05, 4.69) is 20.5 Å². The second kappa shape index (κ2) is 8.96. The van der Waals surface area contributed by atoms with Crippen molar-refractivity contribution in [2.24, 2.45) is 0 Å². The molecular weight excluding hydrogens is 507 g/mol. The van der Waals surface area contributed by atoms with Gasteiger partial charge in [0.1, 0.15) is 5.82 Å². The van der Waals surface area contributed by atoms with Crippen molar-refractivity contribution in [1.82, 2.24) is 15.2 Å². The molecular formula is C24H22F7N5O. The lowest BCUT2D eigenvalue weighted by Gasteiger charge is -2.37.